The lowest BCUT2D eigenvalue weighted by molar-refractivity contribution is -0.179. The maximum Gasteiger partial charge on any atom is 0.162 e. The van der Waals surface area contributed by atoms with E-state index in [-0.39, 0.29) is 19.3 Å². The van der Waals surface area contributed by atoms with Gasteiger partial charge in [0.25, 0.3) is 0 Å². The molecule has 0 radical (unpaired) electrons. The zero-order chi connectivity index (χ0) is 8.20. The molecule has 0 aromatic carbocycles. The zero-order valence-corrected chi connectivity index (χ0v) is 5.99. The summed E-state index contributed by atoms with van der Waals surface area (Å²) in [4.78, 5) is 0. The van der Waals surface area contributed by atoms with Crippen molar-refractivity contribution in [3.8, 4) is 0 Å². The van der Waals surface area contributed by atoms with Crippen molar-refractivity contribution in [2.45, 2.75) is 38.3 Å². The van der Waals surface area contributed by atoms with Crippen LogP contribution < -0.4 is 0 Å². The van der Waals surface area contributed by atoms with Crippen LogP contribution in [-0.2, 0) is 0 Å². The lowest BCUT2D eigenvalue weighted by atomic mass is 10.1. The van der Waals surface area contributed by atoms with Crippen LogP contribution in [0.3, 0.4) is 0 Å². The van der Waals surface area contributed by atoms with Crippen LogP contribution in [0.4, 0.5) is 0 Å². The van der Waals surface area contributed by atoms with Gasteiger partial charge in [-0.15, -0.1) is 0 Å². The van der Waals surface area contributed by atoms with E-state index in [4.69, 9.17) is 20.4 Å². The Hall–Kier alpha value is -0.160. The highest BCUT2D eigenvalue weighted by Crippen LogP contribution is 2.13. The minimum absolute atomic E-state index is 0.0127. The molecule has 4 N–H and O–H groups in total. The quantitative estimate of drug-likeness (QED) is 0.394. The molecule has 0 atom stereocenters. The van der Waals surface area contributed by atoms with E-state index in [2.05, 4.69) is 0 Å². The predicted octanol–water partition coefficient (Wildman–Crippen LogP) is -0.832. The summed E-state index contributed by atoms with van der Waals surface area (Å²) < 4.78 is 0. The molecule has 0 aromatic heterocycles. The Morgan fingerprint density at radius 2 is 1.80 bits per heavy atom. The summed E-state index contributed by atoms with van der Waals surface area (Å²) in [6, 6.07) is 0. The summed E-state index contributed by atoms with van der Waals surface area (Å²) in [6.45, 7) is 1.61. The van der Waals surface area contributed by atoms with Gasteiger partial charge in [0.05, 0.1) is 0 Å². The molecular weight excluding hydrogens is 136 g/mol. The van der Waals surface area contributed by atoms with Crippen molar-refractivity contribution in [2.75, 3.05) is 0 Å². The van der Waals surface area contributed by atoms with Crippen LogP contribution in [0.25, 0.3) is 0 Å². The SMILES string of the molecule is CCC(O)(O)CCC(O)O. The fraction of sp³-hybridized carbons (Fsp3) is 1.00. The molecule has 0 bridgehead atoms. The Morgan fingerprint density at radius 3 is 2.10 bits per heavy atom. The molecule has 0 saturated carbocycles. The standard InChI is InChI=1S/C6H14O4/c1-2-6(9,10)4-3-5(7)8/h5,7-10H,2-4H2,1H3. The number of aliphatic hydroxyl groups excluding tert-OH is 1. The molecule has 0 unspecified atom stereocenters. The van der Waals surface area contributed by atoms with Crippen LogP contribution in [0.15, 0.2) is 0 Å². The molecule has 0 spiro atoms. The number of hydrogen-bond acceptors (Lipinski definition) is 4. The largest absolute Gasteiger partial charge is 0.368 e. The zero-order valence-electron chi connectivity index (χ0n) is 5.99. The molecule has 10 heavy (non-hydrogen) atoms. The molecule has 0 saturated heterocycles. The molecule has 0 rings (SSSR count). The van der Waals surface area contributed by atoms with Crippen molar-refractivity contribution >= 4 is 0 Å². The van der Waals surface area contributed by atoms with E-state index in [1.54, 1.807) is 6.92 Å². The third kappa shape index (κ3) is 4.69. The summed E-state index contributed by atoms with van der Waals surface area (Å²) in [7, 11) is 0. The van der Waals surface area contributed by atoms with Crippen molar-refractivity contribution in [1.82, 2.24) is 0 Å². The molecule has 0 fully saturated rings. The van der Waals surface area contributed by atoms with Gasteiger partial charge in [-0.25, -0.2) is 0 Å². The monoisotopic (exact) mass is 150 g/mol. The molecule has 62 valence electrons. The van der Waals surface area contributed by atoms with E-state index in [1.807, 2.05) is 0 Å². The van der Waals surface area contributed by atoms with Crippen molar-refractivity contribution in [3.05, 3.63) is 0 Å². The van der Waals surface area contributed by atoms with E-state index < -0.39 is 12.1 Å². The van der Waals surface area contributed by atoms with Crippen LogP contribution in [0.5, 0.6) is 0 Å². The highest BCUT2D eigenvalue weighted by Gasteiger charge is 2.20. The van der Waals surface area contributed by atoms with Gasteiger partial charge >= 0.3 is 0 Å². The first-order chi connectivity index (χ1) is 4.48. The van der Waals surface area contributed by atoms with E-state index in [0.717, 1.165) is 0 Å². The van der Waals surface area contributed by atoms with Crippen LogP contribution in [0.1, 0.15) is 26.2 Å². The first-order valence-corrected chi connectivity index (χ1v) is 3.29. The van der Waals surface area contributed by atoms with Gasteiger partial charge in [-0.2, -0.15) is 0 Å². The number of rotatable bonds is 4. The van der Waals surface area contributed by atoms with Gasteiger partial charge in [0.2, 0.25) is 0 Å². The van der Waals surface area contributed by atoms with Gasteiger partial charge < -0.3 is 20.4 Å². The van der Waals surface area contributed by atoms with Crippen LogP contribution in [0.2, 0.25) is 0 Å². The van der Waals surface area contributed by atoms with Gasteiger partial charge in [0.15, 0.2) is 12.1 Å². The molecule has 4 heteroatoms. The minimum Gasteiger partial charge on any atom is -0.368 e. The number of aliphatic hydroxyl groups is 4. The van der Waals surface area contributed by atoms with E-state index in [1.165, 1.54) is 0 Å². The van der Waals surface area contributed by atoms with Crippen LogP contribution in [-0.4, -0.2) is 32.5 Å². The lowest BCUT2D eigenvalue weighted by Gasteiger charge is -2.19. The summed E-state index contributed by atoms with van der Waals surface area (Å²) >= 11 is 0. The van der Waals surface area contributed by atoms with Crippen molar-refractivity contribution in [1.29, 1.82) is 0 Å². The average Bonchev–Trinajstić information content (AvgIpc) is 1.85. The third-order valence-corrected chi connectivity index (χ3v) is 1.37. The molecular formula is C6H14O4. The number of hydrogen-bond donors (Lipinski definition) is 4. The second kappa shape index (κ2) is 3.88. The fourth-order valence-electron chi connectivity index (χ4n) is 0.537. The van der Waals surface area contributed by atoms with Gasteiger partial charge in [0, 0.05) is 12.8 Å². The normalized spacial score (nSPS) is 12.6. The molecule has 0 heterocycles. The first-order valence-electron chi connectivity index (χ1n) is 3.29. The van der Waals surface area contributed by atoms with Gasteiger partial charge in [0.1, 0.15) is 0 Å². The predicted molar refractivity (Wildman–Crippen MR) is 34.9 cm³/mol. The molecule has 0 aromatic rings. The Labute approximate surface area is 59.7 Å². The maximum atomic E-state index is 8.91. The Balaban J connectivity index is 3.46. The smallest absolute Gasteiger partial charge is 0.162 e. The van der Waals surface area contributed by atoms with Crippen LogP contribution >= 0.6 is 0 Å². The molecule has 4 nitrogen and oxygen atoms in total. The molecule has 0 amide bonds. The van der Waals surface area contributed by atoms with E-state index in [0.29, 0.717) is 0 Å². The van der Waals surface area contributed by atoms with Crippen LogP contribution in [0, 0.1) is 0 Å². The first kappa shape index (κ1) is 9.84. The van der Waals surface area contributed by atoms with Crippen molar-refractivity contribution in [3.63, 3.8) is 0 Å². The fourth-order valence-corrected chi connectivity index (χ4v) is 0.537. The van der Waals surface area contributed by atoms with Gasteiger partial charge in [-0.3, -0.25) is 0 Å². The average molecular weight is 150 g/mol. The molecule has 0 aliphatic rings. The molecule has 0 aliphatic heterocycles. The van der Waals surface area contributed by atoms with E-state index >= 15 is 0 Å². The summed E-state index contributed by atoms with van der Waals surface area (Å²) in [5.74, 6) is -1.75. The highest BCUT2D eigenvalue weighted by molar-refractivity contribution is 4.61. The summed E-state index contributed by atoms with van der Waals surface area (Å²) in [5, 5.41) is 34.5. The third-order valence-electron chi connectivity index (χ3n) is 1.37. The summed E-state index contributed by atoms with van der Waals surface area (Å²) in [5.41, 5.74) is 0. The lowest BCUT2D eigenvalue weighted by Crippen LogP contribution is -2.28. The Morgan fingerprint density at radius 1 is 1.30 bits per heavy atom. The molecule has 0 aliphatic carbocycles. The highest BCUT2D eigenvalue weighted by atomic mass is 16.5. The topological polar surface area (TPSA) is 80.9 Å². The Kier molecular flexibility index (Phi) is 3.81. The maximum absolute atomic E-state index is 8.91. The summed E-state index contributed by atoms with van der Waals surface area (Å²) in [6.07, 6.45) is -1.29. The second-order valence-electron chi connectivity index (χ2n) is 2.36. The van der Waals surface area contributed by atoms with E-state index in [9.17, 15) is 0 Å². The Bertz CT molecular complexity index is 89.7. The van der Waals surface area contributed by atoms with Gasteiger partial charge in [-0.1, -0.05) is 6.92 Å². The minimum atomic E-state index is -1.75. The second-order valence-corrected chi connectivity index (χ2v) is 2.36. The van der Waals surface area contributed by atoms with Gasteiger partial charge in [-0.05, 0) is 6.42 Å². The van der Waals surface area contributed by atoms with Crippen molar-refractivity contribution < 1.29 is 20.4 Å². The van der Waals surface area contributed by atoms with Crippen molar-refractivity contribution in [2.24, 2.45) is 0 Å².